The Morgan fingerprint density at radius 2 is 2.15 bits per heavy atom. The molecule has 1 unspecified atom stereocenters. The highest BCUT2D eigenvalue weighted by molar-refractivity contribution is 5.93. The van der Waals surface area contributed by atoms with Crippen LogP contribution in [0.3, 0.4) is 0 Å². The van der Waals surface area contributed by atoms with Crippen LogP contribution in [-0.2, 0) is 14.3 Å². The van der Waals surface area contributed by atoms with E-state index in [1.807, 2.05) is 30.5 Å². The van der Waals surface area contributed by atoms with Crippen LogP contribution in [-0.4, -0.2) is 17.1 Å². The number of nitrogens with two attached hydrogens (primary N) is 1. The molecule has 0 amide bonds. The summed E-state index contributed by atoms with van der Waals surface area (Å²) in [4.78, 5) is 12.6. The molecule has 1 aliphatic rings. The average molecular weight is 365 g/mol. The number of fused-ring (bicyclic) bond motifs is 1. The summed E-state index contributed by atoms with van der Waals surface area (Å²) in [6, 6.07) is 10.3. The summed E-state index contributed by atoms with van der Waals surface area (Å²) in [5.41, 5.74) is 8.31. The van der Waals surface area contributed by atoms with Gasteiger partial charge in [-0.25, -0.2) is 4.79 Å². The second-order valence-electron chi connectivity index (χ2n) is 6.75. The van der Waals surface area contributed by atoms with E-state index in [0.29, 0.717) is 11.3 Å². The molecule has 1 aliphatic heterocycles. The molecule has 0 aliphatic carbocycles. The molecule has 3 rings (SSSR count). The van der Waals surface area contributed by atoms with E-state index < -0.39 is 11.9 Å². The molecule has 140 valence electrons. The van der Waals surface area contributed by atoms with Crippen LogP contribution in [0.25, 0.3) is 10.9 Å². The van der Waals surface area contributed by atoms with Crippen LogP contribution >= 0.6 is 0 Å². The molecule has 0 bridgehead atoms. The smallest absolute Gasteiger partial charge is 0.338 e. The first-order chi connectivity index (χ1) is 12.9. The van der Waals surface area contributed by atoms with E-state index in [1.165, 1.54) is 0 Å². The molecule has 27 heavy (non-hydrogen) atoms. The molecule has 1 atom stereocenters. The van der Waals surface area contributed by atoms with Crippen LogP contribution in [0, 0.1) is 11.3 Å². The van der Waals surface area contributed by atoms with Crippen molar-refractivity contribution in [2.24, 2.45) is 5.73 Å². The van der Waals surface area contributed by atoms with Crippen molar-refractivity contribution >= 4 is 16.9 Å². The lowest BCUT2D eigenvalue weighted by molar-refractivity contribution is -0.139. The van der Waals surface area contributed by atoms with Gasteiger partial charge in [-0.3, -0.25) is 0 Å². The van der Waals surface area contributed by atoms with Gasteiger partial charge >= 0.3 is 5.97 Å². The van der Waals surface area contributed by atoms with Crippen molar-refractivity contribution in [1.29, 1.82) is 5.26 Å². The largest absolute Gasteiger partial charge is 0.463 e. The average Bonchev–Trinajstić information content (AvgIpc) is 3.04. The highest BCUT2D eigenvalue weighted by Crippen LogP contribution is 2.40. The predicted molar refractivity (Wildman–Crippen MR) is 102 cm³/mol. The third-order valence-electron chi connectivity index (χ3n) is 4.74. The zero-order valence-electron chi connectivity index (χ0n) is 15.9. The number of aromatic nitrogens is 1. The van der Waals surface area contributed by atoms with Crippen LogP contribution in [0.4, 0.5) is 0 Å². The Labute approximate surface area is 158 Å². The molecule has 2 N–H and O–H groups in total. The minimum Gasteiger partial charge on any atom is -0.463 e. The van der Waals surface area contributed by atoms with Gasteiger partial charge in [-0.1, -0.05) is 12.1 Å². The summed E-state index contributed by atoms with van der Waals surface area (Å²) >= 11 is 0. The van der Waals surface area contributed by atoms with Gasteiger partial charge in [0, 0.05) is 17.8 Å². The molecule has 1 aromatic carbocycles. The van der Waals surface area contributed by atoms with Crippen molar-refractivity contribution in [1.82, 2.24) is 4.57 Å². The molecule has 0 spiro atoms. The van der Waals surface area contributed by atoms with E-state index in [-0.39, 0.29) is 24.1 Å². The SMILES string of the molecule is CCOC(=O)C1=C(C)OC(N)=C(C#N)C1c1ccc2ccn(C(C)C)c2c1. The lowest BCUT2D eigenvalue weighted by Crippen LogP contribution is -2.25. The first-order valence-electron chi connectivity index (χ1n) is 8.95. The lowest BCUT2D eigenvalue weighted by Gasteiger charge is -2.27. The Morgan fingerprint density at radius 3 is 2.78 bits per heavy atom. The van der Waals surface area contributed by atoms with Crippen LogP contribution in [0.5, 0.6) is 0 Å². The summed E-state index contributed by atoms with van der Waals surface area (Å²) in [5, 5.41) is 10.8. The van der Waals surface area contributed by atoms with Crippen molar-refractivity contribution < 1.29 is 14.3 Å². The Bertz CT molecular complexity index is 1010. The van der Waals surface area contributed by atoms with Gasteiger partial charge in [0.05, 0.1) is 18.1 Å². The molecule has 6 nitrogen and oxygen atoms in total. The number of carbonyl (C=O) groups is 1. The van der Waals surface area contributed by atoms with Gasteiger partial charge in [-0.05, 0) is 50.8 Å². The number of hydrogen-bond donors (Lipinski definition) is 1. The predicted octanol–water partition coefficient (Wildman–Crippen LogP) is 3.87. The van der Waals surface area contributed by atoms with Crippen LogP contribution in [0.2, 0.25) is 0 Å². The van der Waals surface area contributed by atoms with Gasteiger partial charge < -0.3 is 19.8 Å². The van der Waals surface area contributed by atoms with Crippen molar-refractivity contribution in [2.75, 3.05) is 6.61 Å². The van der Waals surface area contributed by atoms with Gasteiger partial charge in [0.2, 0.25) is 5.88 Å². The van der Waals surface area contributed by atoms with E-state index in [0.717, 1.165) is 16.5 Å². The Hall–Kier alpha value is -3.20. The standard InChI is InChI=1S/C21H23N3O3/c1-5-26-21(25)18-13(4)27-20(23)16(11-22)19(18)15-7-6-14-8-9-24(12(2)3)17(14)10-15/h6-10,12,19H,5,23H2,1-4H3. The van der Waals surface area contributed by atoms with Crippen LogP contribution in [0.1, 0.15) is 45.2 Å². The zero-order valence-corrected chi connectivity index (χ0v) is 15.9. The number of esters is 1. The fourth-order valence-electron chi connectivity index (χ4n) is 3.48. The second-order valence-corrected chi connectivity index (χ2v) is 6.75. The maximum Gasteiger partial charge on any atom is 0.338 e. The van der Waals surface area contributed by atoms with E-state index >= 15 is 0 Å². The van der Waals surface area contributed by atoms with Gasteiger partial charge in [0.1, 0.15) is 17.4 Å². The topological polar surface area (TPSA) is 90.3 Å². The number of benzene rings is 1. The molecule has 6 heteroatoms. The van der Waals surface area contributed by atoms with E-state index in [2.05, 4.69) is 24.5 Å². The normalized spacial score (nSPS) is 17.3. The highest BCUT2D eigenvalue weighted by atomic mass is 16.5. The fourth-order valence-corrected chi connectivity index (χ4v) is 3.48. The minimum absolute atomic E-state index is 0.0207. The third kappa shape index (κ3) is 3.17. The van der Waals surface area contributed by atoms with Gasteiger partial charge in [0.25, 0.3) is 0 Å². The van der Waals surface area contributed by atoms with Crippen molar-refractivity contribution in [2.45, 2.75) is 39.7 Å². The van der Waals surface area contributed by atoms with Gasteiger partial charge in [-0.2, -0.15) is 5.26 Å². The minimum atomic E-state index is -0.622. The summed E-state index contributed by atoms with van der Waals surface area (Å²) in [5.74, 6) is -0.746. The van der Waals surface area contributed by atoms with Crippen LogP contribution in [0.15, 0.2) is 53.3 Å². The first-order valence-corrected chi connectivity index (χ1v) is 8.95. The Kier molecular flexibility index (Phi) is 4.95. The quantitative estimate of drug-likeness (QED) is 0.831. The molecule has 2 heterocycles. The molecular weight excluding hydrogens is 342 g/mol. The zero-order chi connectivity index (χ0) is 19.7. The van der Waals surface area contributed by atoms with Gasteiger partial charge in [-0.15, -0.1) is 0 Å². The van der Waals surface area contributed by atoms with Gasteiger partial charge in [0.15, 0.2) is 0 Å². The van der Waals surface area contributed by atoms with E-state index in [1.54, 1.807) is 13.8 Å². The number of rotatable bonds is 4. The number of nitrogens with zero attached hydrogens (tertiary/aromatic N) is 2. The number of carbonyl (C=O) groups excluding carboxylic acids is 1. The number of hydrogen-bond acceptors (Lipinski definition) is 5. The van der Waals surface area contributed by atoms with E-state index in [9.17, 15) is 10.1 Å². The van der Waals surface area contributed by atoms with Crippen molar-refractivity contribution in [3.05, 3.63) is 58.8 Å². The maximum absolute atomic E-state index is 12.6. The second kappa shape index (κ2) is 7.20. The third-order valence-corrected chi connectivity index (χ3v) is 4.74. The maximum atomic E-state index is 12.6. The summed E-state index contributed by atoms with van der Waals surface area (Å²) in [6.45, 7) is 7.85. The Morgan fingerprint density at radius 1 is 1.41 bits per heavy atom. The summed E-state index contributed by atoms with van der Waals surface area (Å²) in [6.07, 6.45) is 2.03. The number of allylic oxidation sites excluding steroid dienone is 2. The van der Waals surface area contributed by atoms with Crippen LogP contribution < -0.4 is 5.73 Å². The Balaban J connectivity index is 2.21. The molecular formula is C21H23N3O3. The van der Waals surface area contributed by atoms with Crippen molar-refractivity contribution in [3.8, 4) is 6.07 Å². The molecule has 0 saturated carbocycles. The number of nitriles is 1. The first kappa shape index (κ1) is 18.6. The molecule has 2 aromatic rings. The monoisotopic (exact) mass is 365 g/mol. The lowest BCUT2D eigenvalue weighted by atomic mass is 9.83. The van der Waals surface area contributed by atoms with E-state index in [4.69, 9.17) is 15.2 Å². The fraction of sp³-hybridized carbons (Fsp3) is 0.333. The highest BCUT2D eigenvalue weighted by Gasteiger charge is 2.36. The molecule has 0 fully saturated rings. The number of ether oxygens (including phenoxy) is 2. The summed E-state index contributed by atoms with van der Waals surface area (Å²) < 4.78 is 12.8. The molecule has 0 saturated heterocycles. The molecule has 1 aromatic heterocycles. The van der Waals surface area contributed by atoms with Crippen molar-refractivity contribution in [3.63, 3.8) is 0 Å². The molecule has 0 radical (unpaired) electrons. The summed E-state index contributed by atoms with van der Waals surface area (Å²) in [7, 11) is 0.